The van der Waals surface area contributed by atoms with E-state index in [4.69, 9.17) is 25.8 Å². The number of ether oxygens (including phenoxy) is 3. The van der Waals surface area contributed by atoms with Gasteiger partial charge in [0, 0.05) is 5.56 Å². The number of hydrogen-bond acceptors (Lipinski definition) is 5. The van der Waals surface area contributed by atoms with E-state index in [0.717, 1.165) is 11.3 Å². The molecule has 2 aromatic rings. The van der Waals surface area contributed by atoms with Crippen LogP contribution < -0.4 is 14.2 Å². The first-order valence-corrected chi connectivity index (χ1v) is 6.12. The van der Waals surface area contributed by atoms with Crippen LogP contribution in [-0.2, 0) is 0 Å². The molecule has 0 atom stereocenters. The molecule has 3 rings (SSSR count). The first kappa shape index (κ1) is 12.0. The lowest BCUT2D eigenvalue weighted by atomic mass is 10.1. The van der Waals surface area contributed by atoms with Crippen LogP contribution in [0.2, 0.25) is 5.15 Å². The van der Waals surface area contributed by atoms with Crippen molar-refractivity contribution in [3.8, 4) is 28.5 Å². The van der Waals surface area contributed by atoms with Crippen LogP contribution in [0.3, 0.4) is 0 Å². The predicted octanol–water partition coefficient (Wildman–Crippen LogP) is 2.58. The Labute approximate surface area is 115 Å². The molecule has 0 spiro atoms. The van der Waals surface area contributed by atoms with Crippen molar-refractivity contribution in [3.63, 3.8) is 0 Å². The van der Waals surface area contributed by atoms with Gasteiger partial charge in [0.15, 0.2) is 22.4 Å². The van der Waals surface area contributed by atoms with E-state index >= 15 is 0 Å². The van der Waals surface area contributed by atoms with Crippen molar-refractivity contribution in [2.45, 2.75) is 0 Å². The zero-order chi connectivity index (χ0) is 13.2. The lowest BCUT2D eigenvalue weighted by Gasteiger charge is -2.19. The maximum atomic E-state index is 5.99. The lowest BCUT2D eigenvalue weighted by Crippen LogP contribution is -2.15. The highest BCUT2D eigenvalue weighted by atomic mass is 35.5. The third-order valence-corrected chi connectivity index (χ3v) is 3.05. The van der Waals surface area contributed by atoms with E-state index in [2.05, 4.69) is 9.97 Å². The molecule has 5 nitrogen and oxygen atoms in total. The Morgan fingerprint density at radius 3 is 2.74 bits per heavy atom. The first-order valence-electron chi connectivity index (χ1n) is 5.74. The molecule has 98 valence electrons. The summed E-state index contributed by atoms with van der Waals surface area (Å²) < 4.78 is 16.3. The molecule has 1 aliphatic heterocycles. The van der Waals surface area contributed by atoms with E-state index in [1.165, 1.54) is 13.4 Å². The quantitative estimate of drug-likeness (QED) is 0.790. The first-order chi connectivity index (χ1) is 9.29. The van der Waals surface area contributed by atoms with E-state index in [0.29, 0.717) is 30.4 Å². The summed E-state index contributed by atoms with van der Waals surface area (Å²) in [6.45, 7) is 1.10. The van der Waals surface area contributed by atoms with Gasteiger partial charge in [0.1, 0.15) is 25.2 Å². The van der Waals surface area contributed by atoms with Crippen LogP contribution in [0.1, 0.15) is 0 Å². The Morgan fingerprint density at radius 2 is 1.95 bits per heavy atom. The van der Waals surface area contributed by atoms with Gasteiger partial charge < -0.3 is 14.2 Å². The maximum absolute atomic E-state index is 5.99. The van der Waals surface area contributed by atoms with Gasteiger partial charge in [-0.3, -0.25) is 0 Å². The molecular formula is C13H11ClN2O3. The summed E-state index contributed by atoms with van der Waals surface area (Å²) in [7, 11) is 1.53. The molecule has 1 aromatic heterocycles. The van der Waals surface area contributed by atoms with Crippen LogP contribution in [0.5, 0.6) is 17.2 Å². The van der Waals surface area contributed by atoms with Crippen molar-refractivity contribution in [1.29, 1.82) is 0 Å². The van der Waals surface area contributed by atoms with Crippen molar-refractivity contribution in [2.75, 3.05) is 20.3 Å². The van der Waals surface area contributed by atoms with Gasteiger partial charge in [-0.1, -0.05) is 11.6 Å². The standard InChI is InChI=1S/C13H11ClN2O3/c1-17-12-11(15-7-16-13(12)14)8-2-3-9-10(6-8)19-5-4-18-9/h2-3,6-7H,4-5H2,1H3. The minimum atomic E-state index is 0.280. The molecule has 0 N–H and O–H groups in total. The second kappa shape index (κ2) is 4.93. The third-order valence-electron chi connectivity index (χ3n) is 2.78. The van der Waals surface area contributed by atoms with Gasteiger partial charge in [-0.05, 0) is 18.2 Å². The summed E-state index contributed by atoms with van der Waals surface area (Å²) in [5, 5.41) is 0.280. The average molecular weight is 279 g/mol. The largest absolute Gasteiger partial charge is 0.491 e. The second-order valence-corrected chi connectivity index (χ2v) is 4.26. The molecule has 6 heteroatoms. The molecule has 0 aliphatic carbocycles. The number of hydrogen-bond donors (Lipinski definition) is 0. The monoisotopic (exact) mass is 278 g/mol. The Morgan fingerprint density at radius 1 is 1.16 bits per heavy atom. The fraction of sp³-hybridized carbons (Fsp3) is 0.231. The van der Waals surface area contributed by atoms with E-state index in [1.807, 2.05) is 18.2 Å². The Hall–Kier alpha value is -2.01. The van der Waals surface area contributed by atoms with Crippen molar-refractivity contribution in [2.24, 2.45) is 0 Å². The Balaban J connectivity index is 2.09. The molecule has 19 heavy (non-hydrogen) atoms. The average Bonchev–Trinajstić information content (AvgIpc) is 2.46. The molecule has 0 amide bonds. The van der Waals surface area contributed by atoms with Gasteiger partial charge in [-0.15, -0.1) is 0 Å². The van der Waals surface area contributed by atoms with Crippen LogP contribution >= 0.6 is 11.6 Å². The third kappa shape index (κ3) is 2.17. The van der Waals surface area contributed by atoms with Gasteiger partial charge in [0.2, 0.25) is 0 Å². The van der Waals surface area contributed by atoms with E-state index in [9.17, 15) is 0 Å². The number of rotatable bonds is 2. The zero-order valence-electron chi connectivity index (χ0n) is 10.2. The fourth-order valence-corrected chi connectivity index (χ4v) is 2.14. The normalized spacial score (nSPS) is 13.2. The van der Waals surface area contributed by atoms with Crippen molar-refractivity contribution >= 4 is 11.6 Å². The highest BCUT2D eigenvalue weighted by Crippen LogP contribution is 2.38. The van der Waals surface area contributed by atoms with Crippen molar-refractivity contribution in [1.82, 2.24) is 9.97 Å². The summed E-state index contributed by atoms with van der Waals surface area (Å²) in [5.74, 6) is 1.87. The minimum absolute atomic E-state index is 0.280. The molecule has 0 saturated heterocycles. The van der Waals surface area contributed by atoms with Crippen LogP contribution in [0.15, 0.2) is 24.5 Å². The highest BCUT2D eigenvalue weighted by Gasteiger charge is 2.16. The van der Waals surface area contributed by atoms with E-state index < -0.39 is 0 Å². The van der Waals surface area contributed by atoms with E-state index in [-0.39, 0.29) is 5.15 Å². The smallest absolute Gasteiger partial charge is 0.182 e. The number of aromatic nitrogens is 2. The molecule has 0 unspecified atom stereocenters. The number of fused-ring (bicyclic) bond motifs is 1. The molecule has 0 radical (unpaired) electrons. The maximum Gasteiger partial charge on any atom is 0.182 e. The number of halogens is 1. The summed E-state index contributed by atoms with van der Waals surface area (Å²) >= 11 is 5.99. The summed E-state index contributed by atoms with van der Waals surface area (Å²) in [6, 6.07) is 5.59. The molecule has 0 saturated carbocycles. The van der Waals surface area contributed by atoms with Gasteiger partial charge in [-0.2, -0.15) is 0 Å². The number of nitrogens with zero attached hydrogens (tertiary/aromatic N) is 2. The molecule has 1 aliphatic rings. The SMILES string of the molecule is COc1c(Cl)ncnc1-c1ccc2c(c1)OCCO2. The van der Waals surface area contributed by atoms with E-state index in [1.54, 1.807) is 0 Å². The summed E-state index contributed by atoms with van der Waals surface area (Å²) in [6.07, 6.45) is 1.40. The van der Waals surface area contributed by atoms with Gasteiger partial charge in [0.25, 0.3) is 0 Å². The van der Waals surface area contributed by atoms with Gasteiger partial charge in [-0.25, -0.2) is 9.97 Å². The van der Waals surface area contributed by atoms with Gasteiger partial charge >= 0.3 is 0 Å². The van der Waals surface area contributed by atoms with Crippen LogP contribution in [-0.4, -0.2) is 30.3 Å². The Kier molecular flexibility index (Phi) is 3.13. The lowest BCUT2D eigenvalue weighted by molar-refractivity contribution is 0.171. The minimum Gasteiger partial charge on any atom is -0.491 e. The number of methoxy groups -OCH3 is 1. The van der Waals surface area contributed by atoms with Crippen molar-refractivity contribution < 1.29 is 14.2 Å². The fourth-order valence-electron chi connectivity index (χ4n) is 1.93. The Bertz CT molecular complexity index is 619. The van der Waals surface area contributed by atoms with Crippen LogP contribution in [0.25, 0.3) is 11.3 Å². The molecular weight excluding hydrogens is 268 g/mol. The molecule has 1 aromatic carbocycles. The summed E-state index contributed by atoms with van der Waals surface area (Å²) in [5.41, 5.74) is 1.46. The molecule has 2 heterocycles. The topological polar surface area (TPSA) is 53.5 Å². The molecule has 0 bridgehead atoms. The zero-order valence-corrected chi connectivity index (χ0v) is 11.0. The van der Waals surface area contributed by atoms with Crippen molar-refractivity contribution in [3.05, 3.63) is 29.7 Å². The van der Waals surface area contributed by atoms with Crippen LogP contribution in [0, 0.1) is 0 Å². The molecule has 0 fully saturated rings. The van der Waals surface area contributed by atoms with Gasteiger partial charge in [0.05, 0.1) is 7.11 Å². The predicted molar refractivity (Wildman–Crippen MR) is 70.0 cm³/mol. The van der Waals surface area contributed by atoms with Crippen LogP contribution in [0.4, 0.5) is 0 Å². The number of benzene rings is 1. The second-order valence-electron chi connectivity index (χ2n) is 3.90. The highest BCUT2D eigenvalue weighted by molar-refractivity contribution is 6.31. The summed E-state index contributed by atoms with van der Waals surface area (Å²) in [4.78, 5) is 8.11.